The molecule has 2 amide bonds. The Morgan fingerprint density at radius 2 is 1.32 bits per heavy atom. The summed E-state index contributed by atoms with van der Waals surface area (Å²) >= 11 is 5.27. The second-order valence-corrected chi connectivity index (χ2v) is 6.75. The lowest BCUT2D eigenvalue weighted by atomic mass is 10.1. The number of thiocarbonyl (C=S) groups is 1. The molecular formula is C23H21N3O4S. The van der Waals surface area contributed by atoms with Gasteiger partial charge in [0, 0.05) is 16.9 Å². The summed E-state index contributed by atoms with van der Waals surface area (Å²) in [5.74, 6) is 0.0350. The lowest BCUT2D eigenvalue weighted by Crippen LogP contribution is -2.34. The molecule has 0 saturated carbocycles. The smallest absolute Gasteiger partial charge is 0.264 e. The van der Waals surface area contributed by atoms with Gasteiger partial charge in [0.25, 0.3) is 11.8 Å². The molecule has 0 spiro atoms. The number of carbonyl (C=O) groups is 2. The van der Waals surface area contributed by atoms with Crippen LogP contribution in [0.2, 0.25) is 0 Å². The van der Waals surface area contributed by atoms with Gasteiger partial charge in [-0.25, -0.2) is 0 Å². The fourth-order valence-corrected chi connectivity index (χ4v) is 3.08. The number of nitrogens with one attached hydrogen (secondary N) is 3. The van der Waals surface area contributed by atoms with Crippen molar-refractivity contribution < 1.29 is 19.1 Å². The first-order valence-electron chi connectivity index (χ1n) is 9.31. The Morgan fingerprint density at radius 1 is 0.742 bits per heavy atom. The van der Waals surface area contributed by atoms with Crippen molar-refractivity contribution in [3.05, 3.63) is 83.9 Å². The summed E-state index contributed by atoms with van der Waals surface area (Å²) in [5.41, 5.74) is 1.97. The van der Waals surface area contributed by atoms with Crippen molar-refractivity contribution in [1.29, 1.82) is 0 Å². The zero-order valence-corrected chi connectivity index (χ0v) is 17.8. The third-order valence-electron chi connectivity index (χ3n) is 4.30. The highest BCUT2D eigenvalue weighted by molar-refractivity contribution is 7.80. The number of ether oxygens (including phenoxy) is 2. The van der Waals surface area contributed by atoms with Crippen LogP contribution in [0.25, 0.3) is 0 Å². The summed E-state index contributed by atoms with van der Waals surface area (Å²) in [7, 11) is 2.94. The van der Waals surface area contributed by atoms with Crippen molar-refractivity contribution in [3.63, 3.8) is 0 Å². The lowest BCUT2D eigenvalue weighted by molar-refractivity contribution is 0.0970. The number of benzene rings is 3. The number of methoxy groups -OCH3 is 2. The van der Waals surface area contributed by atoms with E-state index in [2.05, 4.69) is 16.0 Å². The molecule has 3 aromatic carbocycles. The van der Waals surface area contributed by atoms with Gasteiger partial charge in [0.05, 0.1) is 14.2 Å². The summed E-state index contributed by atoms with van der Waals surface area (Å²) in [6, 6.07) is 20.9. The Bertz CT molecular complexity index is 1080. The Morgan fingerprint density at radius 3 is 1.94 bits per heavy atom. The summed E-state index contributed by atoms with van der Waals surface area (Å²) < 4.78 is 10.5. The third-order valence-corrected chi connectivity index (χ3v) is 4.50. The van der Waals surface area contributed by atoms with E-state index in [4.69, 9.17) is 21.7 Å². The quantitative estimate of drug-likeness (QED) is 0.506. The lowest BCUT2D eigenvalue weighted by Gasteiger charge is -2.14. The molecule has 0 aromatic heterocycles. The van der Waals surface area contributed by atoms with Gasteiger partial charge in [0.2, 0.25) is 0 Å². The van der Waals surface area contributed by atoms with Gasteiger partial charge in [-0.2, -0.15) is 0 Å². The minimum atomic E-state index is -0.472. The van der Waals surface area contributed by atoms with E-state index in [1.54, 1.807) is 66.7 Å². The molecule has 0 saturated heterocycles. The van der Waals surface area contributed by atoms with E-state index in [0.29, 0.717) is 28.4 Å². The highest BCUT2D eigenvalue weighted by Gasteiger charge is 2.19. The maximum atomic E-state index is 12.7. The molecule has 7 nitrogen and oxygen atoms in total. The van der Waals surface area contributed by atoms with Crippen LogP contribution in [0.4, 0.5) is 11.4 Å². The number of rotatable bonds is 6. The van der Waals surface area contributed by atoms with Crippen molar-refractivity contribution in [2.24, 2.45) is 0 Å². The van der Waals surface area contributed by atoms with Crippen molar-refractivity contribution in [2.75, 3.05) is 24.9 Å². The first-order valence-corrected chi connectivity index (χ1v) is 9.72. The van der Waals surface area contributed by atoms with Gasteiger partial charge in [-0.3, -0.25) is 14.9 Å². The first kappa shape index (κ1) is 21.8. The molecule has 0 atom stereocenters. The molecule has 31 heavy (non-hydrogen) atoms. The molecule has 3 aromatic rings. The van der Waals surface area contributed by atoms with Gasteiger partial charge in [-0.15, -0.1) is 0 Å². The molecule has 0 heterocycles. The van der Waals surface area contributed by atoms with Crippen LogP contribution in [-0.4, -0.2) is 31.1 Å². The molecule has 0 unspecified atom stereocenters. The van der Waals surface area contributed by atoms with E-state index in [-0.39, 0.29) is 16.6 Å². The van der Waals surface area contributed by atoms with Crippen LogP contribution < -0.4 is 25.4 Å². The highest BCUT2D eigenvalue weighted by Crippen LogP contribution is 2.28. The van der Waals surface area contributed by atoms with E-state index in [9.17, 15) is 9.59 Å². The molecule has 0 aliphatic heterocycles. The maximum Gasteiger partial charge on any atom is 0.264 e. The average molecular weight is 436 g/mol. The maximum absolute atomic E-state index is 12.7. The number of amides is 2. The minimum absolute atomic E-state index is 0.0875. The number of anilines is 2. The monoisotopic (exact) mass is 435 g/mol. The molecule has 158 valence electrons. The summed E-state index contributed by atoms with van der Waals surface area (Å²) in [6.07, 6.45) is 0. The highest BCUT2D eigenvalue weighted by atomic mass is 32.1. The van der Waals surface area contributed by atoms with Gasteiger partial charge in [-0.05, 0) is 54.7 Å². The minimum Gasteiger partial charge on any atom is -0.496 e. The zero-order valence-electron chi connectivity index (χ0n) is 17.0. The largest absolute Gasteiger partial charge is 0.496 e. The van der Waals surface area contributed by atoms with Crippen LogP contribution in [0.5, 0.6) is 11.5 Å². The van der Waals surface area contributed by atoms with Gasteiger partial charge < -0.3 is 20.1 Å². The van der Waals surface area contributed by atoms with Crippen molar-refractivity contribution >= 4 is 40.5 Å². The summed E-state index contributed by atoms with van der Waals surface area (Å²) in [5, 5.41) is 8.47. The Labute approximate surface area is 185 Å². The van der Waals surface area contributed by atoms with Crippen LogP contribution in [0.1, 0.15) is 20.7 Å². The van der Waals surface area contributed by atoms with E-state index in [0.717, 1.165) is 0 Å². The number of hydrogen-bond acceptors (Lipinski definition) is 5. The van der Waals surface area contributed by atoms with Crippen molar-refractivity contribution in [2.45, 2.75) is 0 Å². The molecule has 3 N–H and O–H groups in total. The van der Waals surface area contributed by atoms with Crippen molar-refractivity contribution in [3.8, 4) is 11.5 Å². The fraction of sp³-hybridized carbons (Fsp3) is 0.0870. The van der Waals surface area contributed by atoms with Gasteiger partial charge in [-0.1, -0.05) is 30.3 Å². The molecular weight excluding hydrogens is 414 g/mol. The first-order chi connectivity index (χ1) is 15.0. The third kappa shape index (κ3) is 5.58. The molecule has 0 fully saturated rings. The molecule has 0 aliphatic rings. The molecule has 3 rings (SSSR count). The second kappa shape index (κ2) is 10.2. The van der Waals surface area contributed by atoms with Crippen molar-refractivity contribution in [1.82, 2.24) is 5.32 Å². The van der Waals surface area contributed by atoms with Gasteiger partial charge in [0.15, 0.2) is 5.11 Å². The van der Waals surface area contributed by atoms with E-state index < -0.39 is 5.91 Å². The summed E-state index contributed by atoms with van der Waals surface area (Å²) in [6.45, 7) is 0. The van der Waals surface area contributed by atoms with Gasteiger partial charge >= 0.3 is 0 Å². The van der Waals surface area contributed by atoms with E-state index in [1.807, 2.05) is 6.07 Å². The molecule has 0 aliphatic carbocycles. The fourth-order valence-electron chi connectivity index (χ4n) is 2.87. The van der Waals surface area contributed by atoms with E-state index in [1.165, 1.54) is 14.2 Å². The normalized spacial score (nSPS) is 10.0. The van der Waals surface area contributed by atoms with Crippen LogP contribution in [0.3, 0.4) is 0 Å². The predicted octanol–water partition coefficient (Wildman–Crippen LogP) is 4.08. The predicted molar refractivity (Wildman–Crippen MR) is 124 cm³/mol. The standard InChI is InChI=1S/C23H21N3O4S/c1-29-18-12-7-13-19(30-2)20(18)22(28)26-23(31)25-17-11-6-10-16(14-17)24-21(27)15-8-4-3-5-9-15/h3-14H,1-2H3,(H,24,27)(H2,25,26,28,31). The average Bonchev–Trinajstić information content (AvgIpc) is 2.79. The zero-order chi connectivity index (χ0) is 22.2. The Kier molecular flexibility index (Phi) is 7.18. The molecule has 0 radical (unpaired) electrons. The second-order valence-electron chi connectivity index (χ2n) is 6.35. The Balaban J connectivity index is 1.67. The SMILES string of the molecule is COc1cccc(OC)c1C(=O)NC(=S)Nc1cccc(NC(=O)c2ccccc2)c1. The summed E-state index contributed by atoms with van der Waals surface area (Å²) in [4.78, 5) is 25.1. The molecule has 0 bridgehead atoms. The van der Waals surface area contributed by atoms with Crippen LogP contribution in [0, 0.1) is 0 Å². The Hall–Kier alpha value is -3.91. The van der Waals surface area contributed by atoms with Crippen LogP contribution in [-0.2, 0) is 0 Å². The van der Waals surface area contributed by atoms with Crippen LogP contribution >= 0.6 is 12.2 Å². The number of carbonyl (C=O) groups excluding carboxylic acids is 2. The molecule has 8 heteroatoms. The number of hydrogen-bond donors (Lipinski definition) is 3. The van der Waals surface area contributed by atoms with Gasteiger partial charge in [0.1, 0.15) is 17.1 Å². The topological polar surface area (TPSA) is 88.7 Å². The van der Waals surface area contributed by atoms with Crippen LogP contribution in [0.15, 0.2) is 72.8 Å². The van der Waals surface area contributed by atoms with E-state index >= 15 is 0 Å².